The highest BCUT2D eigenvalue weighted by Gasteiger charge is 2.15. The number of nitrogens with one attached hydrogen (secondary N) is 1. The smallest absolute Gasteiger partial charge is 0.0674 e. The van der Waals surface area contributed by atoms with E-state index in [4.69, 9.17) is 0 Å². The van der Waals surface area contributed by atoms with Gasteiger partial charge in [-0.05, 0) is 6.92 Å². The van der Waals surface area contributed by atoms with Crippen LogP contribution >= 0.6 is 0 Å². The molecule has 1 heterocycles. The highest BCUT2D eigenvalue weighted by molar-refractivity contribution is 5.12. The van der Waals surface area contributed by atoms with Crippen molar-refractivity contribution in [1.82, 2.24) is 10.2 Å². The lowest BCUT2D eigenvalue weighted by atomic mass is 9.92. The second kappa shape index (κ2) is 2.11. The summed E-state index contributed by atoms with van der Waals surface area (Å²) in [6.07, 6.45) is 0. The molecule has 0 saturated carbocycles. The molecule has 0 saturated heterocycles. The van der Waals surface area contributed by atoms with Crippen LogP contribution in [0.25, 0.3) is 0 Å². The molecule has 0 bridgehead atoms. The minimum atomic E-state index is 0.140. The van der Waals surface area contributed by atoms with E-state index in [1.165, 1.54) is 0 Å². The molecule has 10 heavy (non-hydrogen) atoms. The number of H-pyrrole nitrogens is 1. The first-order chi connectivity index (χ1) is 4.50. The van der Waals surface area contributed by atoms with E-state index in [2.05, 4.69) is 37.0 Å². The molecular formula is C8H13N2. The molecule has 0 unspecified atom stereocenters. The predicted molar refractivity (Wildman–Crippen MR) is 40.9 cm³/mol. The number of hydrogen-bond acceptors (Lipinski definition) is 1. The maximum absolute atomic E-state index is 4.00. The van der Waals surface area contributed by atoms with Gasteiger partial charge in [-0.15, -0.1) is 0 Å². The monoisotopic (exact) mass is 137 g/mol. The second-order valence-corrected chi connectivity index (χ2v) is 3.56. The van der Waals surface area contributed by atoms with Gasteiger partial charge in [0.1, 0.15) is 0 Å². The third kappa shape index (κ3) is 1.38. The van der Waals surface area contributed by atoms with Crippen LogP contribution in [-0.2, 0) is 5.41 Å². The number of aromatic amines is 1. The molecule has 0 aliphatic heterocycles. The number of rotatable bonds is 0. The van der Waals surface area contributed by atoms with Gasteiger partial charge in [-0.2, -0.15) is 5.10 Å². The van der Waals surface area contributed by atoms with Gasteiger partial charge in [-0.1, -0.05) is 20.8 Å². The van der Waals surface area contributed by atoms with Gasteiger partial charge in [-0.3, -0.25) is 5.10 Å². The Kier molecular flexibility index (Phi) is 1.55. The summed E-state index contributed by atoms with van der Waals surface area (Å²) in [7, 11) is 0. The molecule has 0 fully saturated rings. The first-order valence-corrected chi connectivity index (χ1v) is 3.45. The van der Waals surface area contributed by atoms with Gasteiger partial charge in [0.25, 0.3) is 0 Å². The van der Waals surface area contributed by atoms with Gasteiger partial charge >= 0.3 is 0 Å². The summed E-state index contributed by atoms with van der Waals surface area (Å²) in [6.45, 7) is 8.34. The van der Waals surface area contributed by atoms with E-state index in [0.717, 1.165) is 11.4 Å². The molecule has 0 aromatic carbocycles. The molecule has 55 valence electrons. The minimum absolute atomic E-state index is 0.140. The van der Waals surface area contributed by atoms with Crippen molar-refractivity contribution >= 4 is 0 Å². The number of hydrogen-bond donors (Lipinski definition) is 1. The van der Waals surface area contributed by atoms with Crippen LogP contribution in [0.15, 0.2) is 0 Å². The van der Waals surface area contributed by atoms with Crippen molar-refractivity contribution in [3.63, 3.8) is 0 Å². The van der Waals surface area contributed by atoms with E-state index in [-0.39, 0.29) is 5.41 Å². The molecular weight excluding hydrogens is 124 g/mol. The molecule has 0 aliphatic carbocycles. The summed E-state index contributed by atoms with van der Waals surface area (Å²) in [5.74, 6) is 0. The maximum Gasteiger partial charge on any atom is 0.0674 e. The molecule has 0 spiro atoms. The summed E-state index contributed by atoms with van der Waals surface area (Å²) in [5.41, 5.74) is 2.15. The van der Waals surface area contributed by atoms with Crippen molar-refractivity contribution in [2.24, 2.45) is 0 Å². The normalized spacial score (nSPS) is 12.0. The van der Waals surface area contributed by atoms with Crippen LogP contribution in [0.5, 0.6) is 0 Å². The summed E-state index contributed by atoms with van der Waals surface area (Å²) >= 11 is 0. The van der Waals surface area contributed by atoms with Crippen molar-refractivity contribution in [2.45, 2.75) is 33.1 Å². The minimum Gasteiger partial charge on any atom is -0.281 e. The Hall–Kier alpha value is -0.790. The fourth-order valence-electron chi connectivity index (χ4n) is 0.732. The Morgan fingerprint density at radius 1 is 1.40 bits per heavy atom. The Labute approximate surface area is 61.7 Å². The molecule has 2 heteroatoms. The van der Waals surface area contributed by atoms with Gasteiger partial charge in [0, 0.05) is 17.2 Å². The van der Waals surface area contributed by atoms with Crippen LogP contribution < -0.4 is 0 Å². The van der Waals surface area contributed by atoms with Crippen LogP contribution in [0.4, 0.5) is 0 Å². The first kappa shape index (κ1) is 7.32. The zero-order valence-electron chi connectivity index (χ0n) is 6.95. The van der Waals surface area contributed by atoms with E-state index in [0.29, 0.717) is 0 Å². The highest BCUT2D eigenvalue weighted by atomic mass is 15.1. The molecule has 0 amide bonds. The lowest BCUT2D eigenvalue weighted by Gasteiger charge is -2.14. The number of aromatic nitrogens is 2. The van der Waals surface area contributed by atoms with E-state index in [9.17, 15) is 0 Å². The molecule has 2 nitrogen and oxygen atoms in total. The maximum atomic E-state index is 4.00. The first-order valence-electron chi connectivity index (χ1n) is 3.45. The Morgan fingerprint density at radius 3 is 2.20 bits per heavy atom. The van der Waals surface area contributed by atoms with Crippen molar-refractivity contribution in [3.05, 3.63) is 17.5 Å². The van der Waals surface area contributed by atoms with Crippen molar-refractivity contribution in [1.29, 1.82) is 0 Å². The van der Waals surface area contributed by atoms with Gasteiger partial charge in [-0.25, -0.2) is 0 Å². The zero-order chi connectivity index (χ0) is 7.78. The quantitative estimate of drug-likeness (QED) is 0.580. The van der Waals surface area contributed by atoms with Gasteiger partial charge in [0.2, 0.25) is 0 Å². The largest absolute Gasteiger partial charge is 0.281 e. The Balaban J connectivity index is 2.96. The van der Waals surface area contributed by atoms with Crippen molar-refractivity contribution in [2.75, 3.05) is 0 Å². The summed E-state index contributed by atoms with van der Waals surface area (Å²) < 4.78 is 0. The summed E-state index contributed by atoms with van der Waals surface area (Å²) in [4.78, 5) is 0. The fourth-order valence-corrected chi connectivity index (χ4v) is 0.732. The Morgan fingerprint density at radius 2 is 2.00 bits per heavy atom. The SMILES string of the molecule is Cc1[c]c(C(C)(C)C)[nH]n1. The molecule has 1 aromatic heterocycles. The molecule has 0 aliphatic rings. The van der Waals surface area contributed by atoms with Crippen molar-refractivity contribution in [3.8, 4) is 0 Å². The highest BCUT2D eigenvalue weighted by Crippen LogP contribution is 2.18. The third-order valence-electron chi connectivity index (χ3n) is 1.39. The van der Waals surface area contributed by atoms with Crippen molar-refractivity contribution < 1.29 is 0 Å². The van der Waals surface area contributed by atoms with E-state index >= 15 is 0 Å². The average molecular weight is 137 g/mol. The predicted octanol–water partition coefficient (Wildman–Crippen LogP) is 1.82. The standard InChI is InChI=1S/C8H13N2/c1-6-5-7(10-9-6)8(2,3)4/h1-4H3,(H,9,10). The number of nitrogens with zero attached hydrogens (tertiary/aromatic N) is 1. The molecule has 1 radical (unpaired) electrons. The molecule has 1 rings (SSSR count). The zero-order valence-corrected chi connectivity index (χ0v) is 6.95. The lowest BCUT2D eigenvalue weighted by molar-refractivity contribution is 0.566. The summed E-state index contributed by atoms with van der Waals surface area (Å²) in [6, 6.07) is 3.15. The number of aryl methyl sites for hydroxylation is 1. The fraction of sp³-hybridized carbons (Fsp3) is 0.625. The van der Waals surface area contributed by atoms with Crippen LogP contribution in [0.2, 0.25) is 0 Å². The van der Waals surface area contributed by atoms with Crippen LogP contribution in [0.3, 0.4) is 0 Å². The van der Waals surface area contributed by atoms with Gasteiger partial charge < -0.3 is 0 Å². The van der Waals surface area contributed by atoms with Gasteiger partial charge in [0.05, 0.1) is 5.69 Å². The second-order valence-electron chi connectivity index (χ2n) is 3.56. The average Bonchev–Trinajstić information content (AvgIpc) is 2.11. The van der Waals surface area contributed by atoms with E-state index in [1.54, 1.807) is 0 Å². The molecule has 0 atom stereocenters. The molecule has 1 aromatic rings. The molecule has 1 N–H and O–H groups in total. The van der Waals surface area contributed by atoms with E-state index in [1.807, 2.05) is 6.92 Å². The van der Waals surface area contributed by atoms with Crippen LogP contribution in [0, 0.1) is 13.0 Å². The van der Waals surface area contributed by atoms with E-state index < -0.39 is 0 Å². The lowest BCUT2D eigenvalue weighted by Crippen LogP contribution is -2.11. The topological polar surface area (TPSA) is 28.7 Å². The third-order valence-corrected chi connectivity index (χ3v) is 1.39. The summed E-state index contributed by atoms with van der Waals surface area (Å²) in [5, 5.41) is 6.94. The van der Waals surface area contributed by atoms with Gasteiger partial charge in [0.15, 0.2) is 0 Å². The van der Waals surface area contributed by atoms with Crippen LogP contribution in [0.1, 0.15) is 32.2 Å². The Bertz CT molecular complexity index is 217. The van der Waals surface area contributed by atoms with Crippen LogP contribution in [-0.4, -0.2) is 10.2 Å².